The monoisotopic (exact) mass is 398 g/mol. The van der Waals surface area contributed by atoms with Crippen molar-refractivity contribution >= 4 is 39.9 Å². The lowest BCUT2D eigenvalue weighted by Crippen LogP contribution is -2.40. The second-order valence-corrected chi connectivity index (χ2v) is 7.32. The molecule has 0 atom stereocenters. The highest BCUT2D eigenvalue weighted by atomic mass is 35.5. The summed E-state index contributed by atoms with van der Waals surface area (Å²) in [6.45, 7) is 2.68. The lowest BCUT2D eigenvalue weighted by molar-refractivity contribution is -0.135. The van der Waals surface area contributed by atoms with Gasteiger partial charge in [-0.3, -0.25) is 4.79 Å². The Morgan fingerprint density at radius 1 is 1.29 bits per heavy atom. The highest BCUT2D eigenvalue weighted by Crippen LogP contribution is 2.28. The number of hydrogen-bond donors (Lipinski definition) is 2. The molecule has 0 spiro atoms. The van der Waals surface area contributed by atoms with Crippen molar-refractivity contribution in [2.45, 2.75) is 19.3 Å². The van der Waals surface area contributed by atoms with E-state index in [0.29, 0.717) is 37.7 Å². The zero-order valence-electron chi connectivity index (χ0n) is 15.6. The molecule has 1 aliphatic heterocycles. The number of nitrogens with one attached hydrogen (secondary N) is 2. The largest absolute Gasteiger partial charge is 0.378 e. The van der Waals surface area contributed by atoms with Gasteiger partial charge in [-0.1, -0.05) is 17.7 Å². The molecule has 2 aromatic heterocycles. The summed E-state index contributed by atoms with van der Waals surface area (Å²) >= 11 is 6.07. The minimum atomic E-state index is 0.207. The zero-order valence-corrected chi connectivity index (χ0v) is 16.3. The molecule has 3 heterocycles. The quantitative estimate of drug-likeness (QED) is 0.654. The van der Waals surface area contributed by atoms with Crippen LogP contribution in [0, 0.1) is 0 Å². The number of rotatable bonds is 6. The number of aromatic nitrogens is 2. The lowest BCUT2D eigenvalue weighted by Gasteiger charge is -2.26. The number of benzene rings is 1. The van der Waals surface area contributed by atoms with E-state index in [4.69, 9.17) is 16.3 Å². The van der Waals surface area contributed by atoms with Crippen molar-refractivity contribution < 1.29 is 9.53 Å². The molecule has 6 nitrogen and oxygen atoms in total. The normalized spacial score (nSPS) is 14.4. The molecule has 7 heteroatoms. The van der Waals surface area contributed by atoms with Crippen LogP contribution < -0.4 is 5.32 Å². The fourth-order valence-electron chi connectivity index (χ4n) is 3.50. The van der Waals surface area contributed by atoms with Crippen molar-refractivity contribution in [1.82, 2.24) is 14.9 Å². The van der Waals surface area contributed by atoms with Crippen LogP contribution in [0.4, 0.5) is 11.5 Å². The molecule has 1 aliphatic rings. The molecule has 3 aromatic rings. The summed E-state index contributed by atoms with van der Waals surface area (Å²) in [5, 5.41) is 5.03. The molecule has 0 unspecified atom stereocenters. The van der Waals surface area contributed by atoms with Gasteiger partial charge in [-0.25, -0.2) is 4.98 Å². The first kappa shape index (κ1) is 18.8. The van der Waals surface area contributed by atoms with Crippen LogP contribution in [0.1, 0.15) is 18.4 Å². The molecule has 0 saturated carbocycles. The second kappa shape index (κ2) is 8.63. The summed E-state index contributed by atoms with van der Waals surface area (Å²) in [7, 11) is 0. The molecule has 2 N–H and O–H groups in total. The molecule has 1 aromatic carbocycles. The van der Waals surface area contributed by atoms with E-state index >= 15 is 0 Å². The van der Waals surface area contributed by atoms with Gasteiger partial charge >= 0.3 is 0 Å². The van der Waals surface area contributed by atoms with Crippen molar-refractivity contribution in [3.63, 3.8) is 0 Å². The Kier molecular flexibility index (Phi) is 5.78. The van der Waals surface area contributed by atoms with Gasteiger partial charge in [0.15, 0.2) is 0 Å². The van der Waals surface area contributed by atoms with Crippen LogP contribution in [0.2, 0.25) is 5.02 Å². The third-order valence-electron chi connectivity index (χ3n) is 4.96. The first-order chi connectivity index (χ1) is 13.7. The van der Waals surface area contributed by atoms with Crippen molar-refractivity contribution in [2.75, 3.05) is 31.6 Å². The van der Waals surface area contributed by atoms with E-state index in [9.17, 15) is 4.79 Å². The van der Waals surface area contributed by atoms with E-state index in [1.54, 1.807) is 0 Å². The number of hydrogen-bond acceptors (Lipinski definition) is 4. The summed E-state index contributed by atoms with van der Waals surface area (Å²) in [5.41, 5.74) is 3.07. The zero-order chi connectivity index (χ0) is 19.3. The number of morpholine rings is 1. The first-order valence-corrected chi connectivity index (χ1v) is 9.91. The summed E-state index contributed by atoms with van der Waals surface area (Å²) in [6, 6.07) is 9.58. The maximum Gasteiger partial charge on any atom is 0.222 e. The standard InChI is InChI=1S/C21H23ClN4O2/c22-16-4-2-5-17(13-16)25-21-18-7-8-23-20(18)15(14-24-21)3-1-6-19(27)26-9-11-28-12-10-26/h2,4-5,7-8,13-14,23H,1,3,6,9-12H2,(H,24,25). The summed E-state index contributed by atoms with van der Waals surface area (Å²) in [5.74, 6) is 0.991. The number of carbonyl (C=O) groups excluding carboxylic acids is 1. The molecule has 0 bridgehead atoms. The van der Waals surface area contributed by atoms with E-state index in [0.717, 1.165) is 40.8 Å². The number of anilines is 2. The lowest BCUT2D eigenvalue weighted by atomic mass is 10.1. The molecule has 1 amide bonds. The Labute approximate surface area is 168 Å². The van der Waals surface area contributed by atoms with Gasteiger partial charge in [0.1, 0.15) is 5.82 Å². The highest BCUT2D eigenvalue weighted by Gasteiger charge is 2.16. The summed E-state index contributed by atoms with van der Waals surface area (Å²) < 4.78 is 5.30. The van der Waals surface area contributed by atoms with Gasteiger partial charge in [0, 0.05) is 48.0 Å². The molecular formula is C21H23ClN4O2. The molecule has 4 rings (SSSR count). The van der Waals surface area contributed by atoms with Gasteiger partial charge in [-0.05, 0) is 42.7 Å². The average Bonchev–Trinajstić information content (AvgIpc) is 3.21. The molecule has 0 aliphatic carbocycles. The van der Waals surface area contributed by atoms with Gasteiger partial charge in [-0.15, -0.1) is 0 Å². The van der Waals surface area contributed by atoms with Gasteiger partial charge in [0.05, 0.1) is 18.7 Å². The van der Waals surface area contributed by atoms with Crippen molar-refractivity contribution in [1.29, 1.82) is 0 Å². The van der Waals surface area contributed by atoms with Crippen LogP contribution in [0.15, 0.2) is 42.7 Å². The highest BCUT2D eigenvalue weighted by molar-refractivity contribution is 6.30. The minimum absolute atomic E-state index is 0.207. The topological polar surface area (TPSA) is 70.2 Å². The Bertz CT molecular complexity index is 966. The number of aryl methyl sites for hydroxylation is 1. The molecular weight excluding hydrogens is 376 g/mol. The number of fused-ring (bicyclic) bond motifs is 1. The fraction of sp³-hybridized carbons (Fsp3) is 0.333. The van der Waals surface area contributed by atoms with Crippen LogP contribution in [0.3, 0.4) is 0 Å². The fourth-order valence-corrected chi connectivity index (χ4v) is 3.69. The Morgan fingerprint density at radius 3 is 2.96 bits per heavy atom. The maximum absolute atomic E-state index is 12.3. The van der Waals surface area contributed by atoms with Crippen LogP contribution in [-0.4, -0.2) is 47.1 Å². The molecule has 146 valence electrons. The molecule has 0 radical (unpaired) electrons. The SMILES string of the molecule is O=C(CCCc1cnc(Nc2cccc(Cl)c2)c2cc[nH]c12)N1CCOCC1. The third kappa shape index (κ3) is 4.29. The first-order valence-electron chi connectivity index (χ1n) is 9.54. The van der Waals surface area contributed by atoms with Crippen molar-refractivity contribution in [3.05, 3.63) is 53.3 Å². The molecule has 28 heavy (non-hydrogen) atoms. The van der Waals surface area contributed by atoms with Crippen LogP contribution in [0.25, 0.3) is 10.9 Å². The summed E-state index contributed by atoms with van der Waals surface area (Å²) in [6.07, 6.45) is 5.94. The van der Waals surface area contributed by atoms with E-state index in [1.165, 1.54) is 0 Å². The van der Waals surface area contributed by atoms with Crippen molar-refractivity contribution in [3.8, 4) is 0 Å². The summed E-state index contributed by atoms with van der Waals surface area (Å²) in [4.78, 5) is 22.1. The van der Waals surface area contributed by atoms with Crippen molar-refractivity contribution in [2.24, 2.45) is 0 Å². The predicted octanol–water partition coefficient (Wildman–Crippen LogP) is 4.14. The van der Waals surface area contributed by atoms with Crippen LogP contribution >= 0.6 is 11.6 Å². The van der Waals surface area contributed by atoms with Gasteiger partial charge in [0.2, 0.25) is 5.91 Å². The molecule has 1 saturated heterocycles. The Balaban J connectivity index is 1.42. The third-order valence-corrected chi connectivity index (χ3v) is 5.20. The van der Waals surface area contributed by atoms with E-state index < -0.39 is 0 Å². The number of pyridine rings is 1. The van der Waals surface area contributed by atoms with E-state index in [2.05, 4.69) is 15.3 Å². The number of H-pyrrole nitrogens is 1. The van der Waals surface area contributed by atoms with E-state index in [-0.39, 0.29) is 5.91 Å². The van der Waals surface area contributed by atoms with Gasteiger partial charge in [0.25, 0.3) is 0 Å². The Morgan fingerprint density at radius 2 is 2.14 bits per heavy atom. The number of carbonyl (C=O) groups is 1. The molecule has 1 fully saturated rings. The smallest absolute Gasteiger partial charge is 0.222 e. The van der Waals surface area contributed by atoms with Gasteiger partial charge in [-0.2, -0.15) is 0 Å². The van der Waals surface area contributed by atoms with Crippen LogP contribution in [-0.2, 0) is 16.0 Å². The number of aromatic amines is 1. The van der Waals surface area contributed by atoms with Gasteiger partial charge < -0.3 is 19.9 Å². The predicted molar refractivity (Wildman–Crippen MR) is 111 cm³/mol. The van der Waals surface area contributed by atoms with Crippen LogP contribution in [0.5, 0.6) is 0 Å². The number of nitrogens with zero attached hydrogens (tertiary/aromatic N) is 2. The number of ether oxygens (including phenoxy) is 1. The minimum Gasteiger partial charge on any atom is -0.378 e. The van der Waals surface area contributed by atoms with E-state index in [1.807, 2.05) is 47.6 Å². The number of amides is 1. The number of halogens is 1. The average molecular weight is 399 g/mol. The Hall–Kier alpha value is -2.57. The maximum atomic E-state index is 12.3. The second-order valence-electron chi connectivity index (χ2n) is 6.88.